The van der Waals surface area contributed by atoms with E-state index in [1.54, 1.807) is 6.20 Å². The molecule has 0 aliphatic carbocycles. The molecule has 0 aliphatic rings. The Morgan fingerprint density at radius 2 is 2.18 bits per heavy atom. The van der Waals surface area contributed by atoms with Crippen molar-refractivity contribution in [2.75, 3.05) is 5.32 Å². The molecule has 2 aromatic rings. The highest BCUT2D eigenvalue weighted by Crippen LogP contribution is 2.21. The average molecular weight is 312 g/mol. The Morgan fingerprint density at radius 1 is 1.35 bits per heavy atom. The number of nitrogens with one attached hydrogen (secondary N) is 1. The molecule has 0 spiro atoms. The Labute approximate surface area is 114 Å². The van der Waals surface area contributed by atoms with Gasteiger partial charge in [-0.1, -0.05) is 39.7 Å². The summed E-state index contributed by atoms with van der Waals surface area (Å²) in [5.74, 6) is 0. The Balaban J connectivity index is 2.09. The molecule has 2 nitrogen and oxygen atoms in total. The molecule has 0 atom stereocenters. The number of benzene rings is 1. The van der Waals surface area contributed by atoms with Crippen LogP contribution in [0.4, 0.5) is 5.69 Å². The van der Waals surface area contributed by atoms with Crippen molar-refractivity contribution in [3.63, 3.8) is 0 Å². The highest BCUT2D eigenvalue weighted by atomic mass is 79.9. The van der Waals surface area contributed by atoms with Crippen molar-refractivity contribution in [2.45, 2.75) is 13.5 Å². The molecule has 4 heteroatoms. The summed E-state index contributed by atoms with van der Waals surface area (Å²) in [7, 11) is 0. The molecule has 0 aliphatic heterocycles. The number of aryl methyl sites for hydroxylation is 1. The molecule has 0 fully saturated rings. The van der Waals surface area contributed by atoms with Gasteiger partial charge in [-0.3, -0.25) is 0 Å². The lowest BCUT2D eigenvalue weighted by molar-refractivity contribution is 1.13. The van der Waals surface area contributed by atoms with Gasteiger partial charge in [-0.25, -0.2) is 4.98 Å². The molecule has 0 saturated heterocycles. The number of nitrogens with zero attached hydrogens (tertiary/aromatic N) is 1. The molecule has 0 bridgehead atoms. The van der Waals surface area contributed by atoms with Crippen LogP contribution in [0.1, 0.15) is 11.1 Å². The van der Waals surface area contributed by atoms with Crippen molar-refractivity contribution in [3.05, 3.63) is 57.3 Å². The van der Waals surface area contributed by atoms with E-state index >= 15 is 0 Å². The van der Waals surface area contributed by atoms with Crippen molar-refractivity contribution in [3.8, 4) is 0 Å². The van der Waals surface area contributed by atoms with Gasteiger partial charge >= 0.3 is 0 Å². The minimum atomic E-state index is 0.505. The predicted molar refractivity (Wildman–Crippen MR) is 75.5 cm³/mol. The maximum Gasteiger partial charge on any atom is 0.152 e. The third-order valence-corrected chi connectivity index (χ3v) is 3.14. The molecule has 1 aromatic heterocycles. The van der Waals surface area contributed by atoms with E-state index in [-0.39, 0.29) is 0 Å². The lowest BCUT2D eigenvalue weighted by atomic mass is 10.2. The summed E-state index contributed by atoms with van der Waals surface area (Å²) in [6.45, 7) is 2.72. The zero-order valence-electron chi connectivity index (χ0n) is 9.37. The lowest BCUT2D eigenvalue weighted by Gasteiger charge is -2.08. The predicted octanol–water partition coefficient (Wildman–Crippen LogP) is 4.42. The molecule has 1 aromatic carbocycles. The molecule has 0 radical (unpaired) electrons. The van der Waals surface area contributed by atoms with Crippen LogP contribution < -0.4 is 5.32 Å². The SMILES string of the molecule is Cc1cnc(Cl)c(NCc2cccc(Br)c2)c1. The van der Waals surface area contributed by atoms with E-state index in [1.807, 2.05) is 25.1 Å². The molecule has 88 valence electrons. The zero-order valence-corrected chi connectivity index (χ0v) is 11.7. The third kappa shape index (κ3) is 3.45. The highest BCUT2D eigenvalue weighted by molar-refractivity contribution is 9.10. The first-order chi connectivity index (χ1) is 8.15. The first-order valence-corrected chi connectivity index (χ1v) is 6.43. The fourth-order valence-electron chi connectivity index (χ4n) is 1.52. The van der Waals surface area contributed by atoms with E-state index in [9.17, 15) is 0 Å². The smallest absolute Gasteiger partial charge is 0.152 e. The molecular formula is C13H12BrClN2. The van der Waals surface area contributed by atoms with Crippen LogP contribution in [0.25, 0.3) is 0 Å². The number of pyridine rings is 1. The molecule has 2 rings (SSSR count). The summed E-state index contributed by atoms with van der Waals surface area (Å²) in [6.07, 6.45) is 1.76. The summed E-state index contributed by atoms with van der Waals surface area (Å²) in [6, 6.07) is 10.1. The first-order valence-electron chi connectivity index (χ1n) is 5.25. The maximum atomic E-state index is 6.01. The summed E-state index contributed by atoms with van der Waals surface area (Å²) in [4.78, 5) is 4.10. The monoisotopic (exact) mass is 310 g/mol. The van der Waals surface area contributed by atoms with E-state index in [0.717, 1.165) is 22.3 Å². The van der Waals surface area contributed by atoms with Gasteiger partial charge in [0.05, 0.1) is 5.69 Å². The molecule has 0 saturated carbocycles. The van der Waals surface area contributed by atoms with Crippen molar-refractivity contribution in [1.29, 1.82) is 0 Å². The summed E-state index contributed by atoms with van der Waals surface area (Å²) < 4.78 is 1.07. The van der Waals surface area contributed by atoms with Gasteiger partial charge in [-0.2, -0.15) is 0 Å². The Hall–Kier alpha value is -1.06. The molecule has 0 unspecified atom stereocenters. The number of halogens is 2. The van der Waals surface area contributed by atoms with E-state index in [1.165, 1.54) is 5.56 Å². The fourth-order valence-corrected chi connectivity index (χ4v) is 2.14. The van der Waals surface area contributed by atoms with Gasteiger partial charge in [0.15, 0.2) is 5.15 Å². The third-order valence-electron chi connectivity index (χ3n) is 2.35. The van der Waals surface area contributed by atoms with E-state index in [0.29, 0.717) is 5.15 Å². The topological polar surface area (TPSA) is 24.9 Å². The normalized spacial score (nSPS) is 10.3. The van der Waals surface area contributed by atoms with Crippen molar-refractivity contribution in [1.82, 2.24) is 4.98 Å². The number of rotatable bonds is 3. The Morgan fingerprint density at radius 3 is 2.94 bits per heavy atom. The minimum absolute atomic E-state index is 0.505. The van der Waals surface area contributed by atoms with Gasteiger partial charge in [0.1, 0.15) is 0 Å². The number of aromatic nitrogens is 1. The number of hydrogen-bond acceptors (Lipinski definition) is 2. The Kier molecular flexibility index (Phi) is 4.02. The summed E-state index contributed by atoms with van der Waals surface area (Å²) in [5.41, 5.74) is 3.15. The number of anilines is 1. The Bertz CT molecular complexity index is 529. The second kappa shape index (κ2) is 5.52. The van der Waals surface area contributed by atoms with Gasteiger partial charge in [-0.15, -0.1) is 0 Å². The van der Waals surface area contributed by atoms with E-state index in [2.05, 4.69) is 38.4 Å². The fraction of sp³-hybridized carbons (Fsp3) is 0.154. The van der Waals surface area contributed by atoms with Crippen molar-refractivity contribution < 1.29 is 0 Å². The molecule has 17 heavy (non-hydrogen) atoms. The van der Waals surface area contributed by atoms with Gasteiger partial charge < -0.3 is 5.32 Å². The largest absolute Gasteiger partial charge is 0.378 e. The van der Waals surface area contributed by atoms with Crippen LogP contribution in [0.2, 0.25) is 5.15 Å². The number of hydrogen-bond donors (Lipinski definition) is 1. The van der Waals surface area contributed by atoms with Gasteiger partial charge in [0, 0.05) is 17.2 Å². The van der Waals surface area contributed by atoms with Crippen molar-refractivity contribution in [2.24, 2.45) is 0 Å². The zero-order chi connectivity index (χ0) is 12.3. The summed E-state index contributed by atoms with van der Waals surface area (Å²) in [5, 5.41) is 3.79. The van der Waals surface area contributed by atoms with Crippen LogP contribution in [0.3, 0.4) is 0 Å². The van der Waals surface area contributed by atoms with Crippen LogP contribution in [-0.2, 0) is 6.54 Å². The van der Waals surface area contributed by atoms with Crippen LogP contribution in [-0.4, -0.2) is 4.98 Å². The second-order valence-corrected chi connectivity index (χ2v) is 5.11. The van der Waals surface area contributed by atoms with Crippen LogP contribution >= 0.6 is 27.5 Å². The van der Waals surface area contributed by atoms with Gasteiger partial charge in [0.2, 0.25) is 0 Å². The van der Waals surface area contributed by atoms with Crippen LogP contribution in [0.5, 0.6) is 0 Å². The van der Waals surface area contributed by atoms with Gasteiger partial charge in [-0.05, 0) is 36.2 Å². The maximum absolute atomic E-state index is 6.01. The molecule has 0 amide bonds. The van der Waals surface area contributed by atoms with Crippen LogP contribution in [0, 0.1) is 6.92 Å². The standard InChI is InChI=1S/C13H12BrClN2/c1-9-5-12(13(15)17-7-9)16-8-10-3-2-4-11(14)6-10/h2-7,16H,8H2,1H3. The minimum Gasteiger partial charge on any atom is -0.378 e. The quantitative estimate of drug-likeness (QED) is 0.849. The van der Waals surface area contributed by atoms with Crippen LogP contribution in [0.15, 0.2) is 41.0 Å². The first kappa shape index (κ1) is 12.4. The van der Waals surface area contributed by atoms with Gasteiger partial charge in [0.25, 0.3) is 0 Å². The molecular weight excluding hydrogens is 300 g/mol. The summed E-state index contributed by atoms with van der Waals surface area (Å²) >= 11 is 9.46. The van der Waals surface area contributed by atoms with Crippen molar-refractivity contribution >= 4 is 33.2 Å². The second-order valence-electron chi connectivity index (χ2n) is 3.83. The average Bonchev–Trinajstić information content (AvgIpc) is 2.30. The van der Waals surface area contributed by atoms with E-state index < -0.39 is 0 Å². The van der Waals surface area contributed by atoms with E-state index in [4.69, 9.17) is 11.6 Å². The molecule has 1 N–H and O–H groups in total. The highest BCUT2D eigenvalue weighted by Gasteiger charge is 2.01. The molecule has 1 heterocycles. The lowest BCUT2D eigenvalue weighted by Crippen LogP contribution is -2.01.